The highest BCUT2D eigenvalue weighted by atomic mass is 16.6. The zero-order valence-electron chi connectivity index (χ0n) is 18.5. The van der Waals surface area contributed by atoms with Crippen molar-refractivity contribution in [2.24, 2.45) is 0 Å². The Morgan fingerprint density at radius 3 is 1.45 bits per heavy atom. The number of carbonyl (C=O) groups excluding carboxylic acids is 3. The molecule has 168 valence electrons. The van der Waals surface area contributed by atoms with E-state index in [4.69, 9.17) is 14.2 Å². The molecule has 0 aliphatic rings. The van der Waals surface area contributed by atoms with Gasteiger partial charge in [-0.3, -0.25) is 4.79 Å². The van der Waals surface area contributed by atoms with E-state index in [0.717, 1.165) is 22.3 Å². The smallest absolute Gasteiger partial charge is 0.349 e. The van der Waals surface area contributed by atoms with Crippen molar-refractivity contribution >= 4 is 17.9 Å². The molecule has 6 nitrogen and oxygen atoms in total. The van der Waals surface area contributed by atoms with Gasteiger partial charge in [-0.15, -0.1) is 0 Å². The fourth-order valence-electron chi connectivity index (χ4n) is 2.88. The van der Waals surface area contributed by atoms with Crippen molar-refractivity contribution in [2.45, 2.75) is 20.3 Å². The van der Waals surface area contributed by atoms with Crippen LogP contribution in [-0.2, 0) is 19.1 Å². The van der Waals surface area contributed by atoms with Gasteiger partial charge in [-0.2, -0.15) is 0 Å². The van der Waals surface area contributed by atoms with Crippen molar-refractivity contribution < 1.29 is 28.6 Å². The fraction of sp³-hybridized carbons (Fsp3) is 0.148. The average Bonchev–Trinajstić information content (AvgIpc) is 2.83. The standard InChI is InChI=1S/C27H24O6/c1-4-25(28)31-17-26(29)32-23-13-9-21(10-14-23)19-5-7-20(8-6-19)22-11-15-24(16-12-22)33-27(30)18(2)3/h5-16H,2,4,17H2,1,3H3. The number of hydrogen-bond acceptors (Lipinski definition) is 6. The molecule has 33 heavy (non-hydrogen) atoms. The van der Waals surface area contributed by atoms with E-state index in [9.17, 15) is 14.4 Å². The highest BCUT2D eigenvalue weighted by Crippen LogP contribution is 2.27. The van der Waals surface area contributed by atoms with E-state index >= 15 is 0 Å². The predicted molar refractivity (Wildman–Crippen MR) is 125 cm³/mol. The van der Waals surface area contributed by atoms with Crippen LogP contribution in [0, 0.1) is 0 Å². The van der Waals surface area contributed by atoms with Crippen molar-refractivity contribution in [1.29, 1.82) is 0 Å². The molecule has 0 amide bonds. The summed E-state index contributed by atoms with van der Waals surface area (Å²) in [5, 5.41) is 0. The molecule has 0 saturated heterocycles. The summed E-state index contributed by atoms with van der Waals surface area (Å²) in [5.41, 5.74) is 4.31. The van der Waals surface area contributed by atoms with Gasteiger partial charge in [-0.25, -0.2) is 9.59 Å². The van der Waals surface area contributed by atoms with Gasteiger partial charge in [0.15, 0.2) is 6.61 Å². The SMILES string of the molecule is C=C(C)C(=O)Oc1ccc(-c2ccc(-c3ccc(OC(=O)COC(=O)CC)cc3)cc2)cc1. The second kappa shape index (κ2) is 10.9. The largest absolute Gasteiger partial charge is 0.454 e. The summed E-state index contributed by atoms with van der Waals surface area (Å²) in [6.45, 7) is 6.41. The van der Waals surface area contributed by atoms with Crippen LogP contribution in [0.25, 0.3) is 22.3 Å². The molecule has 3 aromatic carbocycles. The fourth-order valence-corrected chi connectivity index (χ4v) is 2.88. The number of ether oxygens (including phenoxy) is 3. The van der Waals surface area contributed by atoms with Gasteiger partial charge in [0.05, 0.1) is 0 Å². The number of rotatable bonds is 8. The Morgan fingerprint density at radius 2 is 1.06 bits per heavy atom. The molecule has 3 rings (SSSR count). The summed E-state index contributed by atoms with van der Waals surface area (Å²) in [5.74, 6) is -0.692. The number of carbonyl (C=O) groups is 3. The monoisotopic (exact) mass is 444 g/mol. The molecule has 0 heterocycles. The topological polar surface area (TPSA) is 78.9 Å². The van der Waals surface area contributed by atoms with Gasteiger partial charge in [-0.05, 0) is 53.4 Å². The van der Waals surface area contributed by atoms with E-state index < -0.39 is 24.5 Å². The minimum Gasteiger partial charge on any atom is -0.454 e. The van der Waals surface area contributed by atoms with Crippen LogP contribution in [-0.4, -0.2) is 24.5 Å². The van der Waals surface area contributed by atoms with Crippen molar-refractivity contribution in [3.63, 3.8) is 0 Å². The Morgan fingerprint density at radius 1 is 0.667 bits per heavy atom. The Bertz CT molecular complexity index is 1140. The van der Waals surface area contributed by atoms with Crippen LogP contribution in [0.2, 0.25) is 0 Å². The van der Waals surface area contributed by atoms with Gasteiger partial charge < -0.3 is 14.2 Å². The van der Waals surface area contributed by atoms with E-state index in [1.165, 1.54) is 0 Å². The van der Waals surface area contributed by atoms with Gasteiger partial charge in [0.25, 0.3) is 0 Å². The summed E-state index contributed by atoms with van der Waals surface area (Å²) in [6.07, 6.45) is 0.205. The molecular weight excluding hydrogens is 420 g/mol. The summed E-state index contributed by atoms with van der Waals surface area (Å²) < 4.78 is 15.1. The second-order valence-corrected chi connectivity index (χ2v) is 7.28. The minimum absolute atomic E-state index is 0.205. The van der Waals surface area contributed by atoms with E-state index in [-0.39, 0.29) is 6.42 Å². The summed E-state index contributed by atoms with van der Waals surface area (Å²) in [4.78, 5) is 34.5. The molecule has 0 aliphatic heterocycles. The molecule has 0 fully saturated rings. The lowest BCUT2D eigenvalue weighted by Crippen LogP contribution is -2.18. The van der Waals surface area contributed by atoms with E-state index in [1.54, 1.807) is 38.1 Å². The van der Waals surface area contributed by atoms with Crippen LogP contribution in [0.4, 0.5) is 0 Å². The first kappa shape index (κ1) is 23.5. The zero-order chi connectivity index (χ0) is 23.8. The molecule has 0 atom stereocenters. The molecule has 0 saturated carbocycles. The first-order valence-electron chi connectivity index (χ1n) is 10.4. The third-order valence-electron chi connectivity index (χ3n) is 4.69. The van der Waals surface area contributed by atoms with Gasteiger partial charge in [0.1, 0.15) is 11.5 Å². The van der Waals surface area contributed by atoms with Crippen molar-refractivity contribution in [1.82, 2.24) is 0 Å². The Hall–Kier alpha value is -4.19. The first-order chi connectivity index (χ1) is 15.9. The minimum atomic E-state index is -0.630. The third kappa shape index (κ3) is 6.64. The lowest BCUT2D eigenvalue weighted by Gasteiger charge is -2.08. The van der Waals surface area contributed by atoms with Gasteiger partial charge in [0, 0.05) is 12.0 Å². The van der Waals surface area contributed by atoms with Crippen LogP contribution in [0.1, 0.15) is 20.3 Å². The zero-order valence-corrected chi connectivity index (χ0v) is 18.5. The highest BCUT2D eigenvalue weighted by Gasteiger charge is 2.09. The van der Waals surface area contributed by atoms with Gasteiger partial charge in [0.2, 0.25) is 0 Å². The molecule has 3 aromatic rings. The lowest BCUT2D eigenvalue weighted by atomic mass is 10.0. The number of benzene rings is 3. The molecule has 0 radical (unpaired) electrons. The van der Waals surface area contributed by atoms with Crippen LogP contribution in [0.3, 0.4) is 0 Å². The van der Waals surface area contributed by atoms with Gasteiger partial charge in [-0.1, -0.05) is 62.0 Å². The quantitative estimate of drug-likeness (QED) is 0.264. The van der Waals surface area contributed by atoms with Crippen molar-refractivity contribution in [3.8, 4) is 33.8 Å². The number of hydrogen-bond donors (Lipinski definition) is 0. The third-order valence-corrected chi connectivity index (χ3v) is 4.69. The summed E-state index contributed by atoms with van der Waals surface area (Å²) in [6, 6.07) is 22.3. The van der Waals surface area contributed by atoms with Gasteiger partial charge >= 0.3 is 17.9 Å². The normalized spacial score (nSPS) is 10.2. The van der Waals surface area contributed by atoms with Crippen LogP contribution >= 0.6 is 0 Å². The van der Waals surface area contributed by atoms with Crippen molar-refractivity contribution in [2.75, 3.05) is 6.61 Å². The molecule has 0 aliphatic carbocycles. The van der Waals surface area contributed by atoms with Crippen LogP contribution in [0.15, 0.2) is 84.9 Å². The Kier molecular flexibility index (Phi) is 7.76. The van der Waals surface area contributed by atoms with E-state index in [2.05, 4.69) is 6.58 Å². The second-order valence-electron chi connectivity index (χ2n) is 7.28. The summed E-state index contributed by atoms with van der Waals surface area (Å²) >= 11 is 0. The maximum atomic E-state index is 11.7. The molecule has 6 heteroatoms. The highest BCUT2D eigenvalue weighted by molar-refractivity contribution is 5.88. The van der Waals surface area contributed by atoms with Crippen LogP contribution in [0.5, 0.6) is 11.5 Å². The molecule has 0 bridgehead atoms. The maximum Gasteiger partial charge on any atom is 0.349 e. The average molecular weight is 444 g/mol. The molecule has 0 spiro atoms. The molecule has 0 aromatic heterocycles. The lowest BCUT2D eigenvalue weighted by molar-refractivity contribution is -0.153. The van der Waals surface area contributed by atoms with Crippen molar-refractivity contribution in [3.05, 3.63) is 84.9 Å². The maximum absolute atomic E-state index is 11.7. The van der Waals surface area contributed by atoms with Crippen LogP contribution < -0.4 is 9.47 Å². The summed E-state index contributed by atoms with van der Waals surface area (Å²) in [7, 11) is 0. The first-order valence-corrected chi connectivity index (χ1v) is 10.4. The molecule has 0 unspecified atom stereocenters. The Balaban J connectivity index is 1.61. The molecular formula is C27H24O6. The molecule has 0 N–H and O–H groups in total. The predicted octanol–water partition coefficient (Wildman–Crippen LogP) is 5.36. The number of esters is 3. The van der Waals surface area contributed by atoms with E-state index in [1.807, 2.05) is 48.5 Å². The Labute approximate surface area is 192 Å². The van der Waals surface area contributed by atoms with E-state index in [0.29, 0.717) is 17.1 Å².